The summed E-state index contributed by atoms with van der Waals surface area (Å²) >= 11 is 8.93. The summed E-state index contributed by atoms with van der Waals surface area (Å²) < 4.78 is 5.44. The van der Waals surface area contributed by atoms with Crippen molar-refractivity contribution in [2.75, 3.05) is 17.2 Å². The van der Waals surface area contributed by atoms with Crippen molar-refractivity contribution in [2.45, 2.75) is 55.6 Å². The Balaban J connectivity index is 1.41. The van der Waals surface area contributed by atoms with Gasteiger partial charge in [0.1, 0.15) is 10.3 Å². The van der Waals surface area contributed by atoms with Crippen molar-refractivity contribution in [3.05, 3.63) is 111 Å². The first kappa shape index (κ1) is 30.9. The Morgan fingerprint density at radius 1 is 0.907 bits per heavy atom. The van der Waals surface area contributed by atoms with E-state index in [1.165, 1.54) is 29.5 Å². The average molecular weight is 633 g/mol. The van der Waals surface area contributed by atoms with E-state index >= 15 is 0 Å². The summed E-state index contributed by atoms with van der Waals surface area (Å²) in [4.78, 5) is 41.9. The third kappa shape index (κ3) is 7.88. The van der Waals surface area contributed by atoms with E-state index in [1.54, 1.807) is 37.3 Å². The van der Waals surface area contributed by atoms with Gasteiger partial charge in [-0.05, 0) is 80.1 Å². The molecular weight excluding hydrogens is 600 g/mol. The lowest BCUT2D eigenvalue weighted by Crippen LogP contribution is -2.20. The molecule has 1 unspecified atom stereocenters. The van der Waals surface area contributed by atoms with Crippen LogP contribution in [0.2, 0.25) is 5.02 Å². The number of ether oxygens (including phenoxy) is 1. The van der Waals surface area contributed by atoms with E-state index in [-0.39, 0.29) is 24.4 Å². The summed E-state index contributed by atoms with van der Waals surface area (Å²) in [7, 11) is 0. The number of benzene rings is 3. The largest absolute Gasteiger partial charge is 0.462 e. The van der Waals surface area contributed by atoms with Gasteiger partial charge in [0, 0.05) is 26.0 Å². The Kier molecular flexibility index (Phi) is 10.6. The van der Waals surface area contributed by atoms with Crippen LogP contribution < -0.4 is 10.6 Å². The normalized spacial score (nSPS) is 13.6. The number of thioether (sulfide) groups is 1. The van der Waals surface area contributed by atoms with Gasteiger partial charge in [0.05, 0.1) is 12.2 Å². The van der Waals surface area contributed by atoms with Gasteiger partial charge in [0.2, 0.25) is 5.91 Å². The minimum absolute atomic E-state index is 0.232. The molecule has 2 N–H and O–H groups in total. The predicted molar refractivity (Wildman–Crippen MR) is 176 cm³/mol. The van der Waals surface area contributed by atoms with Crippen LogP contribution in [0.3, 0.4) is 0 Å². The molecule has 1 atom stereocenters. The first-order valence-electron chi connectivity index (χ1n) is 14.4. The van der Waals surface area contributed by atoms with E-state index in [1.807, 2.05) is 48.5 Å². The van der Waals surface area contributed by atoms with Gasteiger partial charge in [-0.1, -0.05) is 66.9 Å². The van der Waals surface area contributed by atoms with Crippen LogP contribution in [0.25, 0.3) is 0 Å². The summed E-state index contributed by atoms with van der Waals surface area (Å²) in [5, 5.41) is 6.46. The molecule has 0 aliphatic heterocycles. The van der Waals surface area contributed by atoms with Gasteiger partial charge >= 0.3 is 5.97 Å². The topological polar surface area (TPSA) is 84.5 Å². The molecule has 2 amide bonds. The van der Waals surface area contributed by atoms with Gasteiger partial charge in [-0.15, -0.1) is 23.1 Å². The lowest BCUT2D eigenvalue weighted by Gasteiger charge is -2.18. The number of thiophene rings is 1. The van der Waals surface area contributed by atoms with E-state index in [0.717, 1.165) is 53.0 Å². The number of amides is 2. The summed E-state index contributed by atoms with van der Waals surface area (Å²) in [5.74, 6) is -0.894. The SMILES string of the molecule is CCOC(=O)c1c(NC(=O)C(Sc2cccc(NC(=O)c3cccc(Cl)c3)c2)c2ccccc2)sc2c1CCCCCC2. The number of nitrogens with one attached hydrogen (secondary N) is 2. The number of halogens is 1. The minimum atomic E-state index is -0.611. The second-order valence-corrected chi connectivity index (χ2v) is 13.0. The molecule has 1 aliphatic rings. The van der Waals surface area contributed by atoms with Gasteiger partial charge in [0.15, 0.2) is 0 Å². The highest BCUT2D eigenvalue weighted by atomic mass is 35.5. The Morgan fingerprint density at radius 3 is 2.44 bits per heavy atom. The van der Waals surface area contributed by atoms with Crippen molar-refractivity contribution in [1.82, 2.24) is 0 Å². The molecule has 1 heterocycles. The van der Waals surface area contributed by atoms with E-state index in [2.05, 4.69) is 10.6 Å². The lowest BCUT2D eigenvalue weighted by atomic mass is 9.96. The fourth-order valence-corrected chi connectivity index (χ4v) is 7.68. The molecule has 4 aromatic rings. The highest BCUT2D eigenvalue weighted by Crippen LogP contribution is 2.41. The van der Waals surface area contributed by atoms with Crippen molar-refractivity contribution >= 4 is 63.2 Å². The van der Waals surface area contributed by atoms with Crippen LogP contribution in [-0.2, 0) is 22.4 Å². The summed E-state index contributed by atoms with van der Waals surface area (Å²) in [6.07, 6.45) is 6.07. The van der Waals surface area contributed by atoms with Crippen molar-refractivity contribution in [2.24, 2.45) is 0 Å². The van der Waals surface area contributed by atoms with Crippen molar-refractivity contribution in [1.29, 1.82) is 0 Å². The van der Waals surface area contributed by atoms with E-state index in [9.17, 15) is 14.4 Å². The molecule has 9 heteroatoms. The highest BCUT2D eigenvalue weighted by molar-refractivity contribution is 8.00. The number of fused-ring (bicyclic) bond motifs is 1. The Hall–Kier alpha value is -3.59. The van der Waals surface area contributed by atoms with Crippen molar-refractivity contribution < 1.29 is 19.1 Å². The molecule has 222 valence electrons. The van der Waals surface area contributed by atoms with Crippen LogP contribution >= 0.6 is 34.7 Å². The van der Waals surface area contributed by atoms with Crippen molar-refractivity contribution in [3.63, 3.8) is 0 Å². The van der Waals surface area contributed by atoms with Crippen LogP contribution in [0, 0.1) is 0 Å². The average Bonchev–Trinajstić information content (AvgIpc) is 3.32. The zero-order chi connectivity index (χ0) is 30.2. The van der Waals surface area contributed by atoms with Gasteiger partial charge in [-0.3, -0.25) is 9.59 Å². The van der Waals surface area contributed by atoms with Crippen LogP contribution in [-0.4, -0.2) is 24.4 Å². The standard InChI is InChI=1S/C34H33ClN2O4S2/c1-2-41-34(40)29-27-18-8-3-4-9-19-28(27)43-33(29)37-32(39)30(22-12-6-5-7-13-22)42-26-17-11-16-25(21-26)36-31(38)23-14-10-15-24(35)20-23/h5-7,10-17,20-21,30H,2-4,8-9,18-19H2,1H3,(H,36,38)(H,37,39). The van der Waals surface area contributed by atoms with Gasteiger partial charge < -0.3 is 15.4 Å². The summed E-state index contributed by atoms with van der Waals surface area (Å²) in [6, 6.07) is 23.7. The number of esters is 1. The molecule has 43 heavy (non-hydrogen) atoms. The first-order valence-corrected chi connectivity index (χ1v) is 16.5. The molecule has 0 saturated carbocycles. The number of rotatable bonds is 9. The first-order chi connectivity index (χ1) is 20.9. The minimum Gasteiger partial charge on any atom is -0.462 e. The molecule has 0 saturated heterocycles. The Bertz CT molecular complexity index is 1610. The number of hydrogen-bond donors (Lipinski definition) is 2. The molecule has 0 radical (unpaired) electrons. The zero-order valence-corrected chi connectivity index (χ0v) is 26.2. The number of carbonyl (C=O) groups is 3. The van der Waals surface area contributed by atoms with Crippen LogP contribution in [0.4, 0.5) is 10.7 Å². The number of anilines is 2. The lowest BCUT2D eigenvalue weighted by molar-refractivity contribution is -0.115. The third-order valence-corrected chi connectivity index (χ3v) is 9.85. The smallest absolute Gasteiger partial charge is 0.341 e. The summed E-state index contributed by atoms with van der Waals surface area (Å²) in [6.45, 7) is 2.06. The number of carbonyl (C=O) groups excluding carboxylic acids is 3. The quantitative estimate of drug-likeness (QED) is 0.142. The zero-order valence-electron chi connectivity index (χ0n) is 23.9. The third-order valence-electron chi connectivity index (χ3n) is 7.16. The number of hydrogen-bond acceptors (Lipinski definition) is 6. The van der Waals surface area contributed by atoms with Gasteiger partial charge in [-0.2, -0.15) is 0 Å². The molecule has 5 rings (SSSR count). The molecule has 0 bridgehead atoms. The molecular formula is C34H33ClN2O4S2. The molecule has 3 aromatic carbocycles. The van der Waals surface area contributed by atoms with Crippen LogP contribution in [0.5, 0.6) is 0 Å². The molecule has 0 spiro atoms. The maximum atomic E-state index is 14.0. The number of aryl methyl sites for hydroxylation is 1. The molecule has 6 nitrogen and oxygen atoms in total. The molecule has 1 aliphatic carbocycles. The fourth-order valence-electron chi connectivity index (χ4n) is 5.12. The second-order valence-electron chi connectivity index (χ2n) is 10.2. The maximum Gasteiger partial charge on any atom is 0.341 e. The predicted octanol–water partition coefficient (Wildman–Crippen LogP) is 8.96. The van der Waals surface area contributed by atoms with Gasteiger partial charge in [0.25, 0.3) is 5.91 Å². The van der Waals surface area contributed by atoms with Crippen molar-refractivity contribution in [3.8, 4) is 0 Å². The highest BCUT2D eigenvalue weighted by Gasteiger charge is 2.29. The Morgan fingerprint density at radius 2 is 1.67 bits per heavy atom. The summed E-state index contributed by atoms with van der Waals surface area (Å²) in [5.41, 5.74) is 3.40. The maximum absolute atomic E-state index is 14.0. The Labute approximate surface area is 265 Å². The van der Waals surface area contributed by atoms with Crippen LogP contribution in [0.15, 0.2) is 83.8 Å². The second kappa shape index (κ2) is 14.7. The van der Waals surface area contributed by atoms with E-state index < -0.39 is 5.25 Å². The van der Waals surface area contributed by atoms with E-state index in [4.69, 9.17) is 16.3 Å². The molecule has 1 aromatic heterocycles. The fraction of sp³-hybridized carbons (Fsp3) is 0.265. The van der Waals surface area contributed by atoms with Crippen LogP contribution in [0.1, 0.15) is 74.6 Å². The monoisotopic (exact) mass is 632 g/mol. The van der Waals surface area contributed by atoms with Gasteiger partial charge in [-0.25, -0.2) is 4.79 Å². The molecule has 0 fully saturated rings. The van der Waals surface area contributed by atoms with E-state index in [0.29, 0.717) is 26.8 Å².